The van der Waals surface area contributed by atoms with Crippen LogP contribution >= 0.6 is 0 Å². The third-order valence-corrected chi connectivity index (χ3v) is 0.717. The lowest BCUT2D eigenvalue weighted by Crippen LogP contribution is -1.88. The molecule has 0 bridgehead atoms. The topological polar surface area (TPSA) is 60.0 Å². The van der Waals surface area contributed by atoms with Crippen molar-refractivity contribution in [2.45, 2.75) is 19.8 Å². The van der Waals surface area contributed by atoms with Crippen LogP contribution in [0.3, 0.4) is 0 Å². The van der Waals surface area contributed by atoms with E-state index in [0.717, 1.165) is 12.8 Å². The molecule has 0 amide bonds. The Labute approximate surface area is 48.6 Å². The summed E-state index contributed by atoms with van der Waals surface area (Å²) in [5.74, 6) is 4.55. The molecule has 0 saturated heterocycles. The molecule has 4 nitrogen and oxygen atoms in total. The van der Waals surface area contributed by atoms with E-state index in [0.29, 0.717) is 6.54 Å². The van der Waals surface area contributed by atoms with Gasteiger partial charge in [0, 0.05) is 5.28 Å². The lowest BCUT2D eigenvalue weighted by atomic mass is 10.3. The van der Waals surface area contributed by atoms with Gasteiger partial charge in [0.2, 0.25) is 0 Å². The molecule has 0 aliphatic heterocycles. The van der Waals surface area contributed by atoms with Crippen LogP contribution in [0.4, 0.5) is 0 Å². The van der Waals surface area contributed by atoms with Crippen molar-refractivity contribution in [2.24, 2.45) is 16.3 Å². The Morgan fingerprint density at radius 3 is 2.88 bits per heavy atom. The molecule has 0 aliphatic carbocycles. The monoisotopic (exact) mass is 117 g/mol. The van der Waals surface area contributed by atoms with Crippen LogP contribution in [0.1, 0.15) is 19.8 Å². The standard InChI is InChI=1S/C4H11N3O/c1-2-3-4-6-7-8-5/h2-5H2,1H3. The minimum Gasteiger partial charge on any atom is -0.283 e. The van der Waals surface area contributed by atoms with Gasteiger partial charge in [-0.25, -0.2) is 0 Å². The summed E-state index contributed by atoms with van der Waals surface area (Å²) < 4.78 is 0. The molecule has 0 rings (SSSR count). The van der Waals surface area contributed by atoms with E-state index < -0.39 is 0 Å². The summed E-state index contributed by atoms with van der Waals surface area (Å²) >= 11 is 0. The largest absolute Gasteiger partial charge is 0.283 e. The van der Waals surface area contributed by atoms with Gasteiger partial charge in [0.05, 0.1) is 6.54 Å². The van der Waals surface area contributed by atoms with Crippen LogP contribution in [-0.4, -0.2) is 6.54 Å². The minimum absolute atomic E-state index is 0.702. The van der Waals surface area contributed by atoms with Crippen molar-refractivity contribution in [1.82, 2.24) is 0 Å². The van der Waals surface area contributed by atoms with Gasteiger partial charge in [-0.15, -0.1) is 5.90 Å². The van der Waals surface area contributed by atoms with E-state index in [9.17, 15) is 0 Å². The smallest absolute Gasteiger partial charge is 0.0636 e. The fraction of sp³-hybridized carbons (Fsp3) is 1.00. The molecule has 0 aromatic rings. The fourth-order valence-electron chi connectivity index (χ4n) is 0.303. The van der Waals surface area contributed by atoms with Gasteiger partial charge in [0.1, 0.15) is 0 Å². The zero-order chi connectivity index (χ0) is 6.24. The molecule has 2 N–H and O–H groups in total. The summed E-state index contributed by atoms with van der Waals surface area (Å²) in [6.45, 7) is 2.78. The van der Waals surface area contributed by atoms with E-state index in [1.807, 2.05) is 0 Å². The first-order chi connectivity index (χ1) is 3.91. The third kappa shape index (κ3) is 5.36. The molecule has 0 aromatic heterocycles. The number of hydrogen-bond acceptors (Lipinski definition) is 4. The molecule has 0 atom stereocenters. The molecule has 0 saturated carbocycles. The second-order valence-electron chi connectivity index (χ2n) is 1.41. The van der Waals surface area contributed by atoms with Crippen molar-refractivity contribution in [2.75, 3.05) is 6.54 Å². The molecule has 48 valence electrons. The Hall–Kier alpha value is -0.640. The highest BCUT2D eigenvalue weighted by atomic mass is 16.8. The summed E-state index contributed by atoms with van der Waals surface area (Å²) in [4.78, 5) is 3.85. The van der Waals surface area contributed by atoms with Gasteiger partial charge in [-0.05, 0) is 6.42 Å². The van der Waals surface area contributed by atoms with Crippen molar-refractivity contribution in [3.63, 3.8) is 0 Å². The molecular formula is C4H11N3O. The van der Waals surface area contributed by atoms with Crippen LogP contribution in [0.5, 0.6) is 0 Å². The molecule has 0 aromatic carbocycles. The van der Waals surface area contributed by atoms with Crippen LogP contribution in [0, 0.1) is 0 Å². The predicted molar refractivity (Wildman–Crippen MR) is 29.9 cm³/mol. The predicted octanol–water partition coefficient (Wildman–Crippen LogP) is 1.04. The second-order valence-corrected chi connectivity index (χ2v) is 1.41. The SMILES string of the molecule is CCCCN=NON. The van der Waals surface area contributed by atoms with Gasteiger partial charge >= 0.3 is 0 Å². The van der Waals surface area contributed by atoms with Crippen molar-refractivity contribution in [3.8, 4) is 0 Å². The van der Waals surface area contributed by atoms with E-state index in [4.69, 9.17) is 0 Å². The van der Waals surface area contributed by atoms with Gasteiger partial charge < -0.3 is 0 Å². The second kappa shape index (κ2) is 6.36. The van der Waals surface area contributed by atoms with Crippen LogP contribution in [-0.2, 0) is 4.94 Å². The number of unbranched alkanes of at least 4 members (excludes halogenated alkanes) is 1. The average molecular weight is 117 g/mol. The number of nitrogens with two attached hydrogens (primary N) is 1. The van der Waals surface area contributed by atoms with E-state index in [1.165, 1.54) is 0 Å². The third-order valence-electron chi connectivity index (χ3n) is 0.717. The maximum absolute atomic E-state index is 4.55. The highest BCUT2D eigenvalue weighted by Gasteiger charge is 1.76. The van der Waals surface area contributed by atoms with Crippen molar-refractivity contribution >= 4 is 0 Å². The van der Waals surface area contributed by atoms with Crippen molar-refractivity contribution in [3.05, 3.63) is 0 Å². The lowest BCUT2D eigenvalue weighted by Gasteiger charge is -1.84. The summed E-state index contributed by atoms with van der Waals surface area (Å²) in [7, 11) is 0. The van der Waals surface area contributed by atoms with Gasteiger partial charge in [-0.1, -0.05) is 13.3 Å². The summed E-state index contributed by atoms with van der Waals surface area (Å²) in [6.07, 6.45) is 2.15. The lowest BCUT2D eigenvalue weighted by molar-refractivity contribution is 0.125. The first-order valence-corrected chi connectivity index (χ1v) is 2.64. The van der Waals surface area contributed by atoms with E-state index in [1.54, 1.807) is 0 Å². The maximum atomic E-state index is 4.55. The molecule has 0 heterocycles. The van der Waals surface area contributed by atoms with E-state index >= 15 is 0 Å². The van der Waals surface area contributed by atoms with Crippen LogP contribution in [0.2, 0.25) is 0 Å². The van der Waals surface area contributed by atoms with Gasteiger partial charge in [-0.2, -0.15) is 5.11 Å². The Morgan fingerprint density at radius 2 is 2.38 bits per heavy atom. The molecule has 0 fully saturated rings. The molecule has 0 unspecified atom stereocenters. The first-order valence-electron chi connectivity index (χ1n) is 2.64. The molecular weight excluding hydrogens is 106 g/mol. The normalized spacial score (nSPS) is 10.2. The van der Waals surface area contributed by atoms with Crippen LogP contribution in [0.15, 0.2) is 10.4 Å². The Kier molecular flexibility index (Phi) is 5.85. The Bertz CT molecular complexity index is 64.3. The molecule has 8 heavy (non-hydrogen) atoms. The van der Waals surface area contributed by atoms with Crippen LogP contribution < -0.4 is 5.90 Å². The van der Waals surface area contributed by atoms with Crippen LogP contribution in [0.25, 0.3) is 0 Å². The molecule has 0 radical (unpaired) electrons. The molecule has 0 aliphatic rings. The highest BCUT2D eigenvalue weighted by Crippen LogP contribution is 1.86. The molecule has 4 heteroatoms. The Morgan fingerprint density at radius 1 is 1.62 bits per heavy atom. The number of nitrogens with zero attached hydrogens (tertiary/aromatic N) is 2. The summed E-state index contributed by atoms with van der Waals surface area (Å²) in [6, 6.07) is 0. The first kappa shape index (κ1) is 7.36. The summed E-state index contributed by atoms with van der Waals surface area (Å²) in [5, 5.41) is 6.67. The average Bonchev–Trinajstić information content (AvgIpc) is 1.81. The maximum Gasteiger partial charge on any atom is 0.0636 e. The number of rotatable bonds is 4. The zero-order valence-electron chi connectivity index (χ0n) is 5.00. The summed E-state index contributed by atoms with van der Waals surface area (Å²) in [5.41, 5.74) is 0. The van der Waals surface area contributed by atoms with Gasteiger partial charge in [0.15, 0.2) is 0 Å². The fourth-order valence-corrected chi connectivity index (χ4v) is 0.303. The molecule has 0 spiro atoms. The van der Waals surface area contributed by atoms with Gasteiger partial charge in [-0.3, -0.25) is 4.94 Å². The van der Waals surface area contributed by atoms with Crippen molar-refractivity contribution < 1.29 is 4.94 Å². The quantitative estimate of drug-likeness (QED) is 0.340. The number of hydrogen-bond donors (Lipinski definition) is 1. The highest BCUT2D eigenvalue weighted by molar-refractivity contribution is 4.34. The van der Waals surface area contributed by atoms with E-state index in [2.05, 4.69) is 28.2 Å². The van der Waals surface area contributed by atoms with Gasteiger partial charge in [0.25, 0.3) is 0 Å². The Balaban J connectivity index is 2.80. The minimum atomic E-state index is 0.702. The zero-order valence-corrected chi connectivity index (χ0v) is 5.00. The van der Waals surface area contributed by atoms with E-state index in [-0.39, 0.29) is 0 Å². The van der Waals surface area contributed by atoms with Crippen molar-refractivity contribution in [1.29, 1.82) is 0 Å².